The second kappa shape index (κ2) is 7.86. The van der Waals surface area contributed by atoms with Gasteiger partial charge in [0.05, 0.1) is 18.6 Å². The minimum absolute atomic E-state index is 0.247. The molecule has 0 bridgehead atoms. The van der Waals surface area contributed by atoms with Crippen LogP contribution < -0.4 is 9.64 Å². The number of nitrogens with zero attached hydrogens (tertiary/aromatic N) is 3. The molecule has 0 unspecified atom stereocenters. The lowest BCUT2D eigenvalue weighted by Gasteiger charge is -2.29. The van der Waals surface area contributed by atoms with Crippen LogP contribution in [0.5, 0.6) is 5.75 Å². The van der Waals surface area contributed by atoms with Crippen LogP contribution in [0.25, 0.3) is 33.4 Å². The predicted octanol–water partition coefficient (Wildman–Crippen LogP) is 5.09. The third-order valence-electron chi connectivity index (χ3n) is 5.11. The number of alkyl halides is 3. The SMILES string of the molecule is FC(F)(F)Oc1ccc(N2CCOCC2)cc1-c1n[nH]c2nccc(-c3ccsc3)c12. The van der Waals surface area contributed by atoms with Gasteiger partial charge in [-0.25, -0.2) is 4.98 Å². The van der Waals surface area contributed by atoms with Crippen LogP contribution >= 0.6 is 11.3 Å². The van der Waals surface area contributed by atoms with Gasteiger partial charge >= 0.3 is 6.36 Å². The largest absolute Gasteiger partial charge is 0.573 e. The molecule has 0 atom stereocenters. The highest BCUT2D eigenvalue weighted by molar-refractivity contribution is 7.08. The summed E-state index contributed by atoms with van der Waals surface area (Å²) in [6.45, 7) is 2.44. The van der Waals surface area contributed by atoms with E-state index in [1.165, 1.54) is 17.4 Å². The van der Waals surface area contributed by atoms with Crippen molar-refractivity contribution in [3.8, 4) is 28.1 Å². The number of pyridine rings is 1. The lowest BCUT2D eigenvalue weighted by molar-refractivity contribution is -0.274. The second-order valence-electron chi connectivity index (χ2n) is 6.99. The van der Waals surface area contributed by atoms with Gasteiger partial charge in [-0.15, -0.1) is 13.2 Å². The predicted molar refractivity (Wildman–Crippen MR) is 112 cm³/mol. The average molecular weight is 446 g/mol. The van der Waals surface area contributed by atoms with Crippen molar-refractivity contribution in [2.45, 2.75) is 6.36 Å². The van der Waals surface area contributed by atoms with E-state index in [1.54, 1.807) is 18.3 Å². The van der Waals surface area contributed by atoms with Crippen LogP contribution in [0.2, 0.25) is 0 Å². The molecule has 1 aromatic carbocycles. The van der Waals surface area contributed by atoms with Gasteiger partial charge in [0, 0.05) is 30.5 Å². The number of benzene rings is 1. The van der Waals surface area contributed by atoms with Gasteiger partial charge < -0.3 is 14.4 Å². The first-order valence-corrected chi connectivity index (χ1v) is 10.5. The highest BCUT2D eigenvalue weighted by Crippen LogP contribution is 2.41. The highest BCUT2D eigenvalue weighted by atomic mass is 32.1. The zero-order chi connectivity index (χ0) is 21.4. The fourth-order valence-corrected chi connectivity index (χ4v) is 4.40. The van der Waals surface area contributed by atoms with Gasteiger partial charge in [0.2, 0.25) is 0 Å². The number of thiophene rings is 1. The Kier molecular flexibility index (Phi) is 5.03. The topological polar surface area (TPSA) is 63.3 Å². The van der Waals surface area contributed by atoms with Crippen molar-refractivity contribution in [1.29, 1.82) is 0 Å². The van der Waals surface area contributed by atoms with Crippen molar-refractivity contribution in [3.63, 3.8) is 0 Å². The van der Waals surface area contributed by atoms with E-state index in [0.717, 1.165) is 16.8 Å². The molecular formula is C21H17F3N4O2S. The Labute approximate surface area is 179 Å². The van der Waals surface area contributed by atoms with E-state index < -0.39 is 6.36 Å². The molecule has 4 aromatic rings. The monoisotopic (exact) mass is 446 g/mol. The van der Waals surface area contributed by atoms with Crippen LogP contribution in [-0.4, -0.2) is 47.8 Å². The normalized spacial score (nSPS) is 14.9. The summed E-state index contributed by atoms with van der Waals surface area (Å²) in [6, 6.07) is 8.44. The molecule has 0 amide bonds. The lowest BCUT2D eigenvalue weighted by atomic mass is 10.0. The number of anilines is 1. The van der Waals surface area contributed by atoms with Crippen LogP contribution in [0.1, 0.15) is 0 Å². The van der Waals surface area contributed by atoms with E-state index >= 15 is 0 Å². The Balaban J connectivity index is 1.70. The first kappa shape index (κ1) is 19.8. The van der Waals surface area contributed by atoms with Gasteiger partial charge in [-0.1, -0.05) is 0 Å². The molecule has 3 aromatic heterocycles. The number of fused-ring (bicyclic) bond motifs is 1. The first-order chi connectivity index (χ1) is 15.0. The molecule has 160 valence electrons. The van der Waals surface area contributed by atoms with E-state index in [-0.39, 0.29) is 11.3 Å². The molecule has 1 N–H and O–H groups in total. The minimum Gasteiger partial charge on any atom is -0.405 e. The van der Waals surface area contributed by atoms with E-state index in [1.807, 2.05) is 22.9 Å². The molecule has 0 radical (unpaired) electrons. The van der Waals surface area contributed by atoms with Crippen LogP contribution in [-0.2, 0) is 4.74 Å². The Morgan fingerprint density at radius 1 is 1.10 bits per heavy atom. The van der Waals surface area contributed by atoms with E-state index in [4.69, 9.17) is 4.74 Å². The number of nitrogens with one attached hydrogen (secondary N) is 1. The third kappa shape index (κ3) is 3.96. The molecule has 4 heterocycles. The molecule has 0 aliphatic carbocycles. The Morgan fingerprint density at radius 2 is 1.94 bits per heavy atom. The first-order valence-electron chi connectivity index (χ1n) is 9.58. The summed E-state index contributed by atoms with van der Waals surface area (Å²) in [4.78, 5) is 6.38. The van der Waals surface area contributed by atoms with Gasteiger partial charge in [0.25, 0.3) is 0 Å². The molecule has 1 aliphatic rings. The van der Waals surface area contributed by atoms with Gasteiger partial charge in [0.15, 0.2) is 5.65 Å². The van der Waals surface area contributed by atoms with E-state index in [0.29, 0.717) is 43.0 Å². The number of H-pyrrole nitrogens is 1. The summed E-state index contributed by atoms with van der Waals surface area (Å²) in [5.74, 6) is -0.307. The zero-order valence-electron chi connectivity index (χ0n) is 16.1. The van der Waals surface area contributed by atoms with E-state index in [9.17, 15) is 13.2 Å². The average Bonchev–Trinajstić information content (AvgIpc) is 3.44. The molecule has 5 rings (SSSR count). The number of halogens is 3. The molecule has 1 saturated heterocycles. The van der Waals surface area contributed by atoms with Crippen molar-refractivity contribution >= 4 is 28.1 Å². The highest BCUT2D eigenvalue weighted by Gasteiger charge is 2.33. The maximum atomic E-state index is 13.1. The fourth-order valence-electron chi connectivity index (χ4n) is 3.74. The van der Waals surface area contributed by atoms with Crippen molar-refractivity contribution in [2.75, 3.05) is 31.2 Å². The molecule has 0 saturated carbocycles. The molecule has 1 fully saturated rings. The lowest BCUT2D eigenvalue weighted by Crippen LogP contribution is -2.36. The van der Waals surface area contributed by atoms with Crippen LogP contribution in [0.15, 0.2) is 47.3 Å². The number of rotatable bonds is 4. The molecule has 0 spiro atoms. The van der Waals surface area contributed by atoms with E-state index in [2.05, 4.69) is 24.8 Å². The maximum Gasteiger partial charge on any atom is 0.573 e. The molecular weight excluding hydrogens is 429 g/mol. The number of aromatic nitrogens is 3. The summed E-state index contributed by atoms with van der Waals surface area (Å²) in [6.07, 6.45) is -3.18. The maximum absolute atomic E-state index is 13.1. The smallest absolute Gasteiger partial charge is 0.405 e. The molecule has 6 nitrogen and oxygen atoms in total. The molecule has 31 heavy (non-hydrogen) atoms. The van der Waals surface area contributed by atoms with Gasteiger partial charge in [-0.2, -0.15) is 16.4 Å². The Bertz CT molecular complexity index is 1200. The molecule has 10 heteroatoms. The van der Waals surface area contributed by atoms with Crippen molar-refractivity contribution in [3.05, 3.63) is 47.3 Å². The zero-order valence-corrected chi connectivity index (χ0v) is 17.0. The standard InChI is InChI=1S/C21H17F3N4O2S/c22-21(23,24)30-17-2-1-14(28-6-8-29-9-7-28)11-16(17)19-18-15(13-4-10-31-12-13)3-5-25-20(18)27-26-19/h1-5,10-12H,6-9H2,(H,25,26,27). The summed E-state index contributed by atoms with van der Waals surface area (Å²) in [5.41, 5.74) is 3.67. The Morgan fingerprint density at radius 3 is 2.68 bits per heavy atom. The van der Waals surface area contributed by atoms with Crippen LogP contribution in [0.3, 0.4) is 0 Å². The quantitative estimate of drug-likeness (QED) is 0.473. The summed E-state index contributed by atoms with van der Waals surface area (Å²) in [5, 5.41) is 11.8. The van der Waals surface area contributed by atoms with Crippen molar-refractivity contribution in [1.82, 2.24) is 15.2 Å². The number of morpholine rings is 1. The summed E-state index contributed by atoms with van der Waals surface area (Å²) < 4.78 is 49.2. The van der Waals surface area contributed by atoms with Gasteiger partial charge in [0.1, 0.15) is 11.4 Å². The summed E-state index contributed by atoms with van der Waals surface area (Å²) >= 11 is 1.54. The number of hydrogen-bond donors (Lipinski definition) is 1. The van der Waals surface area contributed by atoms with Crippen LogP contribution in [0, 0.1) is 0 Å². The Hall–Kier alpha value is -3.11. The van der Waals surface area contributed by atoms with Gasteiger partial charge in [-0.05, 0) is 52.2 Å². The molecule has 1 aliphatic heterocycles. The number of ether oxygens (including phenoxy) is 2. The number of aromatic amines is 1. The number of hydrogen-bond acceptors (Lipinski definition) is 6. The van der Waals surface area contributed by atoms with Gasteiger partial charge in [-0.3, -0.25) is 5.10 Å². The second-order valence-corrected chi connectivity index (χ2v) is 7.77. The fraction of sp³-hybridized carbons (Fsp3) is 0.238. The summed E-state index contributed by atoms with van der Waals surface area (Å²) in [7, 11) is 0. The van der Waals surface area contributed by atoms with Crippen LogP contribution in [0.4, 0.5) is 18.9 Å². The minimum atomic E-state index is -4.82. The third-order valence-corrected chi connectivity index (χ3v) is 5.80. The van der Waals surface area contributed by atoms with Crippen molar-refractivity contribution in [2.24, 2.45) is 0 Å². The van der Waals surface area contributed by atoms with Crippen molar-refractivity contribution < 1.29 is 22.6 Å².